The van der Waals surface area contributed by atoms with Gasteiger partial charge in [-0.1, -0.05) is 25.1 Å². The highest BCUT2D eigenvalue weighted by Crippen LogP contribution is 2.42. The summed E-state index contributed by atoms with van der Waals surface area (Å²) < 4.78 is 44.8. The lowest BCUT2D eigenvalue weighted by Crippen LogP contribution is -2.43. The van der Waals surface area contributed by atoms with Crippen molar-refractivity contribution in [2.45, 2.75) is 50.4 Å². The van der Waals surface area contributed by atoms with Gasteiger partial charge in [0.2, 0.25) is 0 Å². The van der Waals surface area contributed by atoms with Gasteiger partial charge in [0.15, 0.2) is 23.7 Å². The number of alkyl halides is 1. The lowest BCUT2D eigenvalue weighted by atomic mass is 9.98. The molecule has 0 spiro atoms. The van der Waals surface area contributed by atoms with Gasteiger partial charge in [0.1, 0.15) is 23.6 Å². The van der Waals surface area contributed by atoms with E-state index in [0.717, 1.165) is 28.6 Å². The maximum atomic E-state index is 15.3. The van der Waals surface area contributed by atoms with Crippen LogP contribution in [0, 0.1) is 0 Å². The minimum Gasteiger partial charge on any atom is -0.468 e. The van der Waals surface area contributed by atoms with Crippen molar-refractivity contribution in [3.8, 4) is 5.75 Å². The van der Waals surface area contributed by atoms with Crippen LogP contribution in [-0.2, 0) is 23.4 Å². The van der Waals surface area contributed by atoms with E-state index in [1.165, 1.54) is 7.11 Å². The summed E-state index contributed by atoms with van der Waals surface area (Å²) in [6.07, 6.45) is -3.52. The topological polar surface area (TPSA) is 149 Å². The fourth-order valence-corrected chi connectivity index (χ4v) is 4.54. The van der Waals surface area contributed by atoms with Crippen LogP contribution in [0.2, 0.25) is 0 Å². The Hall–Kier alpha value is -2.96. The molecule has 0 saturated carbocycles. The number of nitrogens with one attached hydrogen (secondary N) is 1. The van der Waals surface area contributed by atoms with Crippen molar-refractivity contribution in [1.29, 1.82) is 0 Å². The Morgan fingerprint density at radius 1 is 1.34 bits per heavy atom. The molecule has 12 nitrogen and oxygen atoms in total. The van der Waals surface area contributed by atoms with E-state index in [1.54, 1.807) is 37.3 Å². The standard InChI is InChI=1S/C21H25FN3O9P/c1-4-14(18(28)31-3)25(34-13-8-6-5-7-9-13)35(30)32-12-15-17(27)21(2,22)19(33-15)24-11-10-16(26)23-20(24)29/h5-11,14-15,17,19,27H,4,12H2,1-3H3/p+1/t14?,15-,17-,19-,21-/m1/s1. The number of hydrogen-bond donors (Lipinski definition) is 2. The first-order valence-electron chi connectivity index (χ1n) is 10.6. The second kappa shape index (κ2) is 11.2. The van der Waals surface area contributed by atoms with E-state index in [-0.39, 0.29) is 12.2 Å². The number of esters is 1. The predicted octanol–water partition coefficient (Wildman–Crippen LogP) is 1.44. The average Bonchev–Trinajstić information content (AvgIpc) is 3.06. The summed E-state index contributed by atoms with van der Waals surface area (Å²) in [7, 11) is -1.70. The Balaban J connectivity index is 1.77. The van der Waals surface area contributed by atoms with Gasteiger partial charge < -0.3 is 19.4 Å². The number of benzene rings is 1. The van der Waals surface area contributed by atoms with E-state index in [2.05, 4.69) is 0 Å². The van der Waals surface area contributed by atoms with E-state index in [4.69, 9.17) is 18.8 Å². The van der Waals surface area contributed by atoms with Crippen LogP contribution in [0.1, 0.15) is 26.5 Å². The molecule has 0 bridgehead atoms. The van der Waals surface area contributed by atoms with Crippen molar-refractivity contribution in [2.24, 2.45) is 0 Å². The molecule has 1 aliphatic heterocycles. The Labute approximate surface area is 200 Å². The molecule has 0 radical (unpaired) electrons. The van der Waals surface area contributed by atoms with Crippen LogP contribution in [0.5, 0.6) is 5.75 Å². The number of aliphatic hydroxyl groups is 1. The van der Waals surface area contributed by atoms with Crippen LogP contribution in [0.3, 0.4) is 0 Å². The summed E-state index contributed by atoms with van der Waals surface area (Å²) in [5.74, 6) is -0.450. The summed E-state index contributed by atoms with van der Waals surface area (Å²) in [4.78, 5) is 44.1. The highest BCUT2D eigenvalue weighted by atomic mass is 31.1. The number of rotatable bonds is 10. The summed E-state index contributed by atoms with van der Waals surface area (Å²) in [5.41, 5.74) is -4.07. The van der Waals surface area contributed by atoms with Gasteiger partial charge in [0, 0.05) is 12.3 Å². The molecule has 2 unspecified atom stereocenters. The number of halogens is 1. The van der Waals surface area contributed by atoms with Crippen molar-refractivity contribution >= 4 is 14.1 Å². The molecule has 35 heavy (non-hydrogen) atoms. The van der Waals surface area contributed by atoms with Crippen LogP contribution in [0.4, 0.5) is 4.39 Å². The number of ether oxygens (including phenoxy) is 2. The molecule has 6 atom stereocenters. The molecule has 1 aromatic carbocycles. The van der Waals surface area contributed by atoms with E-state index in [0.29, 0.717) is 0 Å². The molecule has 1 fully saturated rings. The largest absolute Gasteiger partial charge is 0.653 e. The molecule has 3 rings (SSSR count). The number of nitrogens with zero attached hydrogens (tertiary/aromatic N) is 2. The number of aliphatic hydroxyl groups excluding tert-OH is 1. The van der Waals surface area contributed by atoms with Crippen molar-refractivity contribution < 1.29 is 37.7 Å². The molecule has 2 heterocycles. The second-order valence-electron chi connectivity index (χ2n) is 7.83. The van der Waals surface area contributed by atoms with Gasteiger partial charge in [0.05, 0.1) is 7.11 Å². The first-order valence-corrected chi connectivity index (χ1v) is 11.8. The number of methoxy groups -OCH3 is 1. The molecule has 190 valence electrons. The van der Waals surface area contributed by atoms with Gasteiger partial charge in [-0.15, -0.1) is 4.52 Å². The molecule has 1 aromatic heterocycles. The van der Waals surface area contributed by atoms with E-state index >= 15 is 4.39 Å². The first kappa shape index (κ1) is 26.6. The van der Waals surface area contributed by atoms with Gasteiger partial charge >= 0.3 is 19.8 Å². The quantitative estimate of drug-likeness (QED) is 0.271. The number of aromatic amines is 1. The number of carbonyl (C=O) groups is 1. The molecule has 1 saturated heterocycles. The number of para-hydroxylation sites is 1. The molecular weight excluding hydrogens is 488 g/mol. The molecular formula is C21H26FN3O9P+. The van der Waals surface area contributed by atoms with Gasteiger partial charge in [-0.3, -0.25) is 19.1 Å². The lowest BCUT2D eigenvalue weighted by molar-refractivity contribution is -0.153. The van der Waals surface area contributed by atoms with Crippen molar-refractivity contribution in [3.63, 3.8) is 0 Å². The third-order valence-corrected chi connectivity index (χ3v) is 6.45. The van der Waals surface area contributed by atoms with Crippen molar-refractivity contribution in [1.82, 2.24) is 14.4 Å². The smallest absolute Gasteiger partial charge is 0.468 e. The summed E-state index contributed by atoms with van der Waals surface area (Å²) in [6, 6.07) is 8.13. The summed E-state index contributed by atoms with van der Waals surface area (Å²) in [5, 5.41) is 10.5. The number of H-pyrrole nitrogens is 1. The summed E-state index contributed by atoms with van der Waals surface area (Å²) >= 11 is 0. The Morgan fingerprint density at radius 2 is 2.03 bits per heavy atom. The zero-order valence-electron chi connectivity index (χ0n) is 19.2. The molecule has 1 aliphatic rings. The first-order chi connectivity index (χ1) is 16.6. The van der Waals surface area contributed by atoms with Crippen LogP contribution >= 0.6 is 8.18 Å². The third-order valence-electron chi connectivity index (χ3n) is 5.40. The number of hydrogen-bond acceptors (Lipinski definition) is 9. The minimum atomic E-state index is -2.87. The van der Waals surface area contributed by atoms with Crippen LogP contribution in [0.25, 0.3) is 0 Å². The van der Waals surface area contributed by atoms with Crippen LogP contribution in [-0.4, -0.2) is 63.1 Å². The zero-order chi connectivity index (χ0) is 25.8. The fourth-order valence-electron chi connectivity index (χ4n) is 3.51. The average molecular weight is 514 g/mol. The van der Waals surface area contributed by atoms with E-state index in [9.17, 15) is 24.1 Å². The maximum Gasteiger partial charge on any atom is 0.653 e. The van der Waals surface area contributed by atoms with Gasteiger partial charge in [0.25, 0.3) is 5.56 Å². The third kappa shape index (κ3) is 5.82. The lowest BCUT2D eigenvalue weighted by Gasteiger charge is -2.24. The number of hydroxylamine groups is 1. The summed E-state index contributed by atoms with van der Waals surface area (Å²) in [6.45, 7) is 2.10. The van der Waals surface area contributed by atoms with Gasteiger partial charge in [-0.2, -0.15) is 0 Å². The molecule has 14 heteroatoms. The predicted molar refractivity (Wildman–Crippen MR) is 119 cm³/mol. The second-order valence-corrected chi connectivity index (χ2v) is 8.96. The van der Waals surface area contributed by atoms with Crippen molar-refractivity contribution in [3.05, 3.63) is 63.4 Å². The van der Waals surface area contributed by atoms with Gasteiger partial charge in [-0.05, 0) is 30.0 Å². The van der Waals surface area contributed by atoms with Gasteiger partial charge in [-0.25, -0.2) is 9.18 Å². The van der Waals surface area contributed by atoms with E-state index < -0.39 is 62.2 Å². The van der Waals surface area contributed by atoms with Crippen LogP contribution < -0.4 is 16.1 Å². The molecule has 0 aliphatic carbocycles. The van der Waals surface area contributed by atoms with E-state index in [1.807, 2.05) is 4.98 Å². The monoisotopic (exact) mass is 514 g/mol. The Kier molecular flexibility index (Phi) is 8.51. The van der Waals surface area contributed by atoms with Crippen LogP contribution in [0.15, 0.2) is 52.2 Å². The molecule has 2 N–H and O–H groups in total. The molecule has 0 amide bonds. The number of carbonyl (C=O) groups excluding carboxylic acids is 1. The fraction of sp³-hybridized carbons (Fsp3) is 0.476. The normalized spacial score (nSPS) is 25.3. The number of aromatic nitrogens is 2. The Morgan fingerprint density at radius 3 is 2.63 bits per heavy atom. The zero-order valence-corrected chi connectivity index (χ0v) is 20.1. The maximum absolute atomic E-state index is 15.3. The highest BCUT2D eigenvalue weighted by molar-refractivity contribution is 7.36. The minimum absolute atomic E-state index is 0.159. The molecule has 2 aromatic rings. The SMILES string of the molecule is CCC(C(=O)OC)N(Oc1ccccc1)[P+](=O)OC[C@H]1O[C@@H](n2ccc(=O)[nH]c2=O)[C@](C)(F)[C@@H]1O. The Bertz CT molecular complexity index is 1160. The van der Waals surface area contributed by atoms with Crippen molar-refractivity contribution in [2.75, 3.05) is 13.7 Å². The highest BCUT2D eigenvalue weighted by Gasteiger charge is 2.56.